The van der Waals surface area contributed by atoms with Crippen LogP contribution in [-0.4, -0.2) is 15.7 Å². The predicted octanol–water partition coefficient (Wildman–Crippen LogP) is 5.75. The van der Waals surface area contributed by atoms with Gasteiger partial charge in [-0.1, -0.05) is 45.0 Å². The lowest BCUT2D eigenvalue weighted by atomic mass is 9.95. The van der Waals surface area contributed by atoms with Gasteiger partial charge in [0.25, 0.3) is 0 Å². The highest BCUT2D eigenvalue weighted by Gasteiger charge is 2.38. The van der Waals surface area contributed by atoms with E-state index in [0.29, 0.717) is 12.3 Å². The van der Waals surface area contributed by atoms with Crippen LogP contribution < -0.4 is 5.32 Å². The van der Waals surface area contributed by atoms with Crippen LogP contribution in [0.1, 0.15) is 68.1 Å². The van der Waals surface area contributed by atoms with E-state index in [9.17, 15) is 18.0 Å². The van der Waals surface area contributed by atoms with Crippen molar-refractivity contribution in [2.24, 2.45) is 0 Å². The Bertz CT molecular complexity index is 815. The number of carbonyl (C=O) groups excluding carboxylic acids is 1. The number of amides is 1. The topological polar surface area (TPSA) is 46.9 Å². The molecule has 2 unspecified atom stereocenters. The molecular formula is C20H25BrF3N3O. The maximum atomic E-state index is 13.0. The van der Waals surface area contributed by atoms with Gasteiger partial charge < -0.3 is 5.32 Å². The SMILES string of the molecule is CCC(C)c1ccc(C(CC)NC(=O)Cn2nc(C(F)(F)F)c(Br)c2C)cc1. The van der Waals surface area contributed by atoms with Crippen molar-refractivity contribution in [1.82, 2.24) is 15.1 Å². The molecular weight excluding hydrogens is 435 g/mol. The number of alkyl halides is 3. The molecule has 1 amide bonds. The smallest absolute Gasteiger partial charge is 0.348 e. The average molecular weight is 460 g/mol. The van der Waals surface area contributed by atoms with Gasteiger partial charge in [0.1, 0.15) is 6.54 Å². The summed E-state index contributed by atoms with van der Waals surface area (Å²) in [5.74, 6) is 0.0810. The van der Waals surface area contributed by atoms with Crippen LogP contribution in [0.15, 0.2) is 28.7 Å². The third-order valence-electron chi connectivity index (χ3n) is 4.96. The first-order valence-electron chi connectivity index (χ1n) is 9.27. The molecule has 2 rings (SSSR count). The van der Waals surface area contributed by atoms with Gasteiger partial charge in [-0.05, 0) is 52.7 Å². The molecule has 8 heteroatoms. The van der Waals surface area contributed by atoms with Gasteiger partial charge in [0.05, 0.1) is 16.2 Å². The van der Waals surface area contributed by atoms with E-state index in [0.717, 1.165) is 16.7 Å². The van der Waals surface area contributed by atoms with Gasteiger partial charge in [-0.25, -0.2) is 0 Å². The van der Waals surface area contributed by atoms with Crippen molar-refractivity contribution >= 4 is 21.8 Å². The normalized spacial score (nSPS) is 14.0. The fourth-order valence-electron chi connectivity index (χ4n) is 2.95. The Morgan fingerprint density at radius 3 is 2.21 bits per heavy atom. The third-order valence-corrected chi connectivity index (χ3v) is 5.91. The summed E-state index contributed by atoms with van der Waals surface area (Å²) in [6, 6.07) is 7.89. The molecule has 2 aromatic rings. The van der Waals surface area contributed by atoms with Crippen molar-refractivity contribution < 1.29 is 18.0 Å². The molecule has 0 fully saturated rings. The van der Waals surface area contributed by atoms with Crippen LogP contribution in [0.2, 0.25) is 0 Å². The maximum absolute atomic E-state index is 13.0. The molecule has 4 nitrogen and oxygen atoms in total. The van der Waals surface area contributed by atoms with Crippen LogP contribution in [-0.2, 0) is 17.5 Å². The molecule has 0 aliphatic heterocycles. The minimum atomic E-state index is -4.57. The van der Waals surface area contributed by atoms with E-state index in [2.05, 4.69) is 52.3 Å². The number of aromatic nitrogens is 2. The molecule has 1 N–H and O–H groups in total. The van der Waals surface area contributed by atoms with Crippen LogP contribution in [0.5, 0.6) is 0 Å². The average Bonchev–Trinajstić information content (AvgIpc) is 2.94. The summed E-state index contributed by atoms with van der Waals surface area (Å²) in [5, 5.41) is 6.44. The highest BCUT2D eigenvalue weighted by Crippen LogP contribution is 2.35. The molecule has 1 aromatic heterocycles. The number of nitrogens with zero attached hydrogens (tertiary/aromatic N) is 2. The Morgan fingerprint density at radius 1 is 1.18 bits per heavy atom. The monoisotopic (exact) mass is 459 g/mol. The van der Waals surface area contributed by atoms with E-state index >= 15 is 0 Å². The van der Waals surface area contributed by atoms with Crippen molar-refractivity contribution in [3.8, 4) is 0 Å². The number of rotatable bonds is 7. The standard InChI is InChI=1S/C20H25BrF3N3O/c1-5-12(3)14-7-9-15(10-8-14)16(6-2)25-17(28)11-27-13(4)18(21)19(26-27)20(22,23)24/h7-10,12,16H,5-6,11H2,1-4H3,(H,25,28). The zero-order valence-electron chi connectivity index (χ0n) is 16.4. The number of hydrogen-bond donors (Lipinski definition) is 1. The Hall–Kier alpha value is -1.83. The van der Waals surface area contributed by atoms with Crippen molar-refractivity contribution in [2.75, 3.05) is 0 Å². The van der Waals surface area contributed by atoms with E-state index in [1.807, 2.05) is 19.1 Å². The van der Waals surface area contributed by atoms with Crippen molar-refractivity contribution in [2.45, 2.75) is 65.2 Å². The lowest BCUT2D eigenvalue weighted by molar-refractivity contribution is -0.142. The molecule has 0 aliphatic carbocycles. The van der Waals surface area contributed by atoms with E-state index in [1.54, 1.807) is 0 Å². The highest BCUT2D eigenvalue weighted by atomic mass is 79.9. The van der Waals surface area contributed by atoms with Crippen LogP contribution in [0.4, 0.5) is 13.2 Å². The zero-order valence-corrected chi connectivity index (χ0v) is 18.0. The molecule has 0 bridgehead atoms. The first-order valence-corrected chi connectivity index (χ1v) is 10.1. The Kier molecular flexibility index (Phi) is 7.31. The molecule has 1 heterocycles. The zero-order chi connectivity index (χ0) is 21.1. The van der Waals surface area contributed by atoms with Crippen LogP contribution in [0.3, 0.4) is 0 Å². The van der Waals surface area contributed by atoms with E-state index in [4.69, 9.17) is 0 Å². The number of carbonyl (C=O) groups is 1. The second-order valence-electron chi connectivity index (χ2n) is 6.91. The fraction of sp³-hybridized carbons (Fsp3) is 0.500. The maximum Gasteiger partial charge on any atom is 0.436 e. The summed E-state index contributed by atoms with van der Waals surface area (Å²) in [5.41, 5.74) is 1.44. The first kappa shape index (κ1) is 22.5. The molecule has 154 valence electrons. The Labute approximate surface area is 171 Å². The highest BCUT2D eigenvalue weighted by molar-refractivity contribution is 9.10. The molecule has 0 spiro atoms. The lowest BCUT2D eigenvalue weighted by Crippen LogP contribution is -2.32. The summed E-state index contributed by atoms with van der Waals surface area (Å²) in [7, 11) is 0. The largest absolute Gasteiger partial charge is 0.436 e. The van der Waals surface area contributed by atoms with E-state index in [-0.39, 0.29) is 28.7 Å². The quantitative estimate of drug-likeness (QED) is 0.572. The Morgan fingerprint density at radius 2 is 1.75 bits per heavy atom. The number of benzene rings is 1. The predicted molar refractivity (Wildman–Crippen MR) is 106 cm³/mol. The van der Waals surface area contributed by atoms with Crippen LogP contribution in [0, 0.1) is 6.92 Å². The summed E-state index contributed by atoms with van der Waals surface area (Å²) in [4.78, 5) is 12.4. The summed E-state index contributed by atoms with van der Waals surface area (Å²) in [6.45, 7) is 7.46. The van der Waals surface area contributed by atoms with Gasteiger partial charge in [0.15, 0.2) is 5.69 Å². The lowest BCUT2D eigenvalue weighted by Gasteiger charge is -2.19. The molecule has 0 radical (unpaired) electrons. The summed E-state index contributed by atoms with van der Waals surface area (Å²) in [6.07, 6.45) is -2.86. The minimum Gasteiger partial charge on any atom is -0.348 e. The minimum absolute atomic E-state index is 0.138. The van der Waals surface area contributed by atoms with Gasteiger partial charge in [-0.2, -0.15) is 18.3 Å². The van der Waals surface area contributed by atoms with E-state index in [1.165, 1.54) is 12.5 Å². The van der Waals surface area contributed by atoms with Crippen LogP contribution >= 0.6 is 15.9 Å². The van der Waals surface area contributed by atoms with Gasteiger partial charge >= 0.3 is 6.18 Å². The van der Waals surface area contributed by atoms with Gasteiger partial charge in [0, 0.05) is 0 Å². The van der Waals surface area contributed by atoms with Gasteiger partial charge in [0.2, 0.25) is 5.91 Å². The van der Waals surface area contributed by atoms with Crippen LogP contribution in [0.25, 0.3) is 0 Å². The molecule has 2 atom stereocenters. The van der Waals surface area contributed by atoms with E-state index < -0.39 is 11.9 Å². The second-order valence-corrected chi connectivity index (χ2v) is 7.70. The van der Waals surface area contributed by atoms with Crippen molar-refractivity contribution in [3.05, 3.63) is 51.3 Å². The number of halogens is 4. The molecule has 0 aliphatic rings. The molecule has 0 saturated heterocycles. The summed E-state index contributed by atoms with van der Waals surface area (Å²) < 4.78 is 39.9. The second kappa shape index (κ2) is 9.11. The van der Waals surface area contributed by atoms with Crippen molar-refractivity contribution in [1.29, 1.82) is 0 Å². The van der Waals surface area contributed by atoms with Gasteiger partial charge in [-0.15, -0.1) is 0 Å². The molecule has 28 heavy (non-hydrogen) atoms. The first-order chi connectivity index (χ1) is 13.1. The van der Waals surface area contributed by atoms with Crippen molar-refractivity contribution in [3.63, 3.8) is 0 Å². The number of hydrogen-bond acceptors (Lipinski definition) is 2. The molecule has 0 saturated carbocycles. The fourth-order valence-corrected chi connectivity index (χ4v) is 3.46. The summed E-state index contributed by atoms with van der Waals surface area (Å²) >= 11 is 2.92. The molecule has 1 aromatic carbocycles. The van der Waals surface area contributed by atoms with Gasteiger partial charge in [-0.3, -0.25) is 9.48 Å². The number of nitrogens with one attached hydrogen (secondary N) is 1. The Balaban J connectivity index is 2.11. The third kappa shape index (κ3) is 5.16.